The molecule has 5 nitrogen and oxygen atoms in total. The minimum Gasteiger partial charge on any atom is -0.456 e. The summed E-state index contributed by atoms with van der Waals surface area (Å²) in [7, 11) is 0. The number of aromatic nitrogens is 3. The number of para-hydroxylation sites is 3. The van der Waals surface area contributed by atoms with Crippen LogP contribution in [0.4, 0.5) is 17.1 Å². The van der Waals surface area contributed by atoms with Gasteiger partial charge in [0.25, 0.3) is 0 Å². The average molecular weight is 689 g/mol. The maximum atomic E-state index is 6.07. The molecule has 0 saturated carbocycles. The Kier molecular flexibility index (Phi) is 8.07. The Morgan fingerprint density at radius 2 is 1.12 bits per heavy atom. The summed E-state index contributed by atoms with van der Waals surface area (Å²) < 4.78 is 6.07. The van der Waals surface area contributed by atoms with Crippen LogP contribution in [0, 0.1) is 6.92 Å². The Morgan fingerprint density at radius 1 is 0.596 bits per heavy atom. The summed E-state index contributed by atoms with van der Waals surface area (Å²) >= 11 is 1.80. The molecule has 8 aromatic rings. The van der Waals surface area contributed by atoms with Gasteiger partial charge in [-0.05, 0) is 78.7 Å². The van der Waals surface area contributed by atoms with E-state index < -0.39 is 0 Å². The number of fused-ring (bicyclic) bond motifs is 3. The lowest BCUT2D eigenvalue weighted by Gasteiger charge is -2.32. The van der Waals surface area contributed by atoms with Crippen molar-refractivity contribution in [3.8, 4) is 34.2 Å². The smallest absolute Gasteiger partial charge is 0.164 e. The highest BCUT2D eigenvalue weighted by atomic mass is 32.2. The van der Waals surface area contributed by atoms with E-state index in [1.54, 1.807) is 11.8 Å². The number of nitrogens with zero attached hydrogens (tertiary/aromatic N) is 4. The second-order valence-corrected chi connectivity index (χ2v) is 13.7. The lowest BCUT2D eigenvalue weighted by molar-refractivity contribution is 0.601. The van der Waals surface area contributed by atoms with Crippen LogP contribution in [0.15, 0.2) is 179 Å². The lowest BCUT2D eigenvalue weighted by Crippen LogP contribution is -2.14. The van der Waals surface area contributed by atoms with Crippen molar-refractivity contribution in [3.05, 3.63) is 181 Å². The second kappa shape index (κ2) is 13.3. The third-order valence-corrected chi connectivity index (χ3v) is 10.4. The van der Waals surface area contributed by atoms with Crippen molar-refractivity contribution in [3.63, 3.8) is 0 Å². The van der Waals surface area contributed by atoms with Gasteiger partial charge in [0, 0.05) is 43.1 Å². The molecule has 9 rings (SSSR count). The van der Waals surface area contributed by atoms with Gasteiger partial charge in [0.15, 0.2) is 17.5 Å². The van der Waals surface area contributed by atoms with Crippen molar-refractivity contribution in [2.45, 2.75) is 16.7 Å². The molecule has 0 amide bonds. The molecule has 2 aromatic heterocycles. The summed E-state index contributed by atoms with van der Waals surface area (Å²) in [5, 5.41) is 1.12. The van der Waals surface area contributed by atoms with Gasteiger partial charge in [0.2, 0.25) is 0 Å². The molecule has 0 N–H and O–H groups in total. The molecule has 0 saturated heterocycles. The van der Waals surface area contributed by atoms with E-state index in [4.69, 9.17) is 19.4 Å². The van der Waals surface area contributed by atoms with Crippen molar-refractivity contribution < 1.29 is 4.42 Å². The fraction of sp³-hybridized carbons (Fsp3) is 0.0217. The van der Waals surface area contributed by atoms with Gasteiger partial charge in [-0.25, -0.2) is 15.0 Å². The van der Waals surface area contributed by atoms with Gasteiger partial charge < -0.3 is 9.32 Å². The number of hydrogen-bond acceptors (Lipinski definition) is 6. The maximum absolute atomic E-state index is 6.07. The Labute approximate surface area is 306 Å². The summed E-state index contributed by atoms with van der Waals surface area (Å²) in [5.74, 6) is 2.68. The van der Waals surface area contributed by atoms with E-state index in [1.807, 2.05) is 72.8 Å². The van der Waals surface area contributed by atoms with Crippen molar-refractivity contribution in [2.75, 3.05) is 4.90 Å². The first-order valence-electron chi connectivity index (χ1n) is 17.1. The molecular weight excluding hydrogens is 657 g/mol. The zero-order chi connectivity index (χ0) is 35.0. The number of rotatable bonds is 7. The van der Waals surface area contributed by atoms with Gasteiger partial charge in [0.1, 0.15) is 11.3 Å². The largest absolute Gasteiger partial charge is 0.456 e. The van der Waals surface area contributed by atoms with E-state index in [2.05, 4.69) is 109 Å². The lowest BCUT2D eigenvalue weighted by atomic mass is 10.0. The minimum atomic E-state index is 0.606. The molecule has 0 atom stereocenters. The van der Waals surface area contributed by atoms with E-state index in [1.165, 1.54) is 21.2 Å². The highest BCUT2D eigenvalue weighted by Gasteiger charge is 2.24. The number of furan rings is 1. The Balaban J connectivity index is 1.04. The summed E-state index contributed by atoms with van der Waals surface area (Å²) in [6.45, 7) is 6.40. The van der Waals surface area contributed by atoms with Crippen LogP contribution in [-0.4, -0.2) is 15.0 Å². The summed E-state index contributed by atoms with van der Waals surface area (Å²) in [5.41, 5.74) is 10.0. The van der Waals surface area contributed by atoms with Crippen LogP contribution in [0.25, 0.3) is 56.8 Å². The summed E-state index contributed by atoms with van der Waals surface area (Å²) in [6.07, 6.45) is 3.99. The standard InChI is InChI=1S/C46H32N4OS/c1-30(20-29-40-31(2)37-14-6-9-17-41(37)51-40)32-21-23-34(24-22-32)45-47-44(33-12-4-3-5-13-33)48-46(49-45)35-25-27-36(28-26-35)50-38-15-7-10-18-42(38)52-43-19-11-8-16-39(43)50/h3-29H,1H2,2H3/b29-20-. The highest BCUT2D eigenvalue weighted by Crippen LogP contribution is 2.51. The normalized spacial score (nSPS) is 12.2. The highest BCUT2D eigenvalue weighted by molar-refractivity contribution is 7.99. The number of hydrogen-bond donors (Lipinski definition) is 0. The molecular formula is C46H32N4OS. The zero-order valence-electron chi connectivity index (χ0n) is 28.4. The van der Waals surface area contributed by atoms with E-state index in [0.29, 0.717) is 17.5 Å². The van der Waals surface area contributed by atoms with Crippen LogP contribution >= 0.6 is 11.8 Å². The van der Waals surface area contributed by atoms with Crippen molar-refractivity contribution in [2.24, 2.45) is 0 Å². The first kappa shape index (κ1) is 31.5. The van der Waals surface area contributed by atoms with Crippen LogP contribution in [0.3, 0.4) is 0 Å². The Hall–Kier alpha value is -6.50. The van der Waals surface area contributed by atoms with Gasteiger partial charge in [-0.2, -0.15) is 0 Å². The monoisotopic (exact) mass is 688 g/mol. The van der Waals surface area contributed by atoms with E-state index in [9.17, 15) is 0 Å². The van der Waals surface area contributed by atoms with Gasteiger partial charge in [-0.1, -0.05) is 121 Å². The fourth-order valence-corrected chi connectivity index (χ4v) is 7.61. The molecule has 0 spiro atoms. The Bertz CT molecular complexity index is 2580. The van der Waals surface area contributed by atoms with E-state index >= 15 is 0 Å². The van der Waals surface area contributed by atoms with Crippen LogP contribution in [-0.2, 0) is 0 Å². The molecule has 6 heteroatoms. The van der Waals surface area contributed by atoms with Gasteiger partial charge in [0.05, 0.1) is 11.4 Å². The quantitative estimate of drug-likeness (QED) is 0.155. The fourth-order valence-electron chi connectivity index (χ4n) is 6.55. The van der Waals surface area contributed by atoms with Gasteiger partial charge in [-0.15, -0.1) is 0 Å². The second-order valence-electron chi connectivity index (χ2n) is 12.6. The van der Waals surface area contributed by atoms with Crippen molar-refractivity contribution >= 4 is 51.4 Å². The summed E-state index contributed by atoms with van der Waals surface area (Å²) in [6, 6.07) is 51.9. The van der Waals surface area contributed by atoms with Crippen molar-refractivity contribution in [1.29, 1.82) is 0 Å². The van der Waals surface area contributed by atoms with E-state index in [-0.39, 0.29) is 0 Å². The SMILES string of the molecule is C=C(/C=C\c1oc2ccccc2c1C)c1ccc(-c2nc(-c3ccccc3)nc(-c3ccc(N4c5ccccc5Sc5ccccc54)cc3)n2)cc1. The Morgan fingerprint density at radius 3 is 1.73 bits per heavy atom. The third kappa shape index (κ3) is 5.89. The van der Waals surface area contributed by atoms with Crippen LogP contribution < -0.4 is 4.90 Å². The summed E-state index contributed by atoms with van der Waals surface area (Å²) in [4.78, 5) is 19.7. The third-order valence-electron chi connectivity index (χ3n) is 9.31. The van der Waals surface area contributed by atoms with Gasteiger partial charge >= 0.3 is 0 Å². The van der Waals surface area contributed by atoms with Crippen LogP contribution in [0.5, 0.6) is 0 Å². The van der Waals surface area contributed by atoms with E-state index in [0.717, 1.165) is 55.8 Å². The van der Waals surface area contributed by atoms with Gasteiger partial charge in [-0.3, -0.25) is 0 Å². The van der Waals surface area contributed by atoms with Crippen LogP contribution in [0.1, 0.15) is 16.9 Å². The molecule has 1 aliphatic heterocycles. The number of aryl methyl sites for hydroxylation is 1. The molecule has 0 unspecified atom stereocenters. The average Bonchev–Trinajstić information content (AvgIpc) is 3.54. The molecule has 0 fully saturated rings. The number of allylic oxidation sites excluding steroid dienone is 2. The number of anilines is 3. The maximum Gasteiger partial charge on any atom is 0.164 e. The topological polar surface area (TPSA) is 55.1 Å². The molecule has 6 aromatic carbocycles. The molecule has 0 radical (unpaired) electrons. The molecule has 248 valence electrons. The minimum absolute atomic E-state index is 0.606. The molecule has 0 bridgehead atoms. The predicted octanol–water partition coefficient (Wildman–Crippen LogP) is 12.6. The first-order valence-corrected chi connectivity index (χ1v) is 17.9. The van der Waals surface area contributed by atoms with Crippen molar-refractivity contribution in [1.82, 2.24) is 15.0 Å². The zero-order valence-corrected chi connectivity index (χ0v) is 29.2. The molecule has 1 aliphatic rings. The van der Waals surface area contributed by atoms with Crippen LogP contribution in [0.2, 0.25) is 0 Å². The molecule has 3 heterocycles. The predicted molar refractivity (Wildman–Crippen MR) is 214 cm³/mol. The number of benzene rings is 6. The molecule has 0 aliphatic carbocycles. The first-order chi connectivity index (χ1) is 25.6. The molecule has 52 heavy (non-hydrogen) atoms.